The molecule has 4 rings (SSSR count). The second-order valence-electron chi connectivity index (χ2n) is 8.46. The zero-order chi connectivity index (χ0) is 23.0. The fourth-order valence-electron chi connectivity index (χ4n) is 3.62. The number of halogens is 1. The molecule has 1 unspecified atom stereocenters. The fourth-order valence-corrected chi connectivity index (χ4v) is 3.74. The number of carbonyl (C=O) groups is 2. The lowest BCUT2D eigenvalue weighted by molar-refractivity contribution is -0.136. The van der Waals surface area contributed by atoms with E-state index in [0.717, 1.165) is 11.1 Å². The van der Waals surface area contributed by atoms with Crippen LogP contribution in [-0.2, 0) is 14.9 Å². The van der Waals surface area contributed by atoms with E-state index < -0.39 is 12.0 Å². The zero-order valence-electron chi connectivity index (χ0n) is 18.1. The van der Waals surface area contributed by atoms with Crippen molar-refractivity contribution in [2.45, 2.75) is 32.2 Å². The molecule has 1 aromatic heterocycles. The Bertz CT molecular complexity index is 1210. The van der Waals surface area contributed by atoms with E-state index in [9.17, 15) is 9.59 Å². The molecule has 1 N–H and O–H groups in total. The number of ether oxygens (including phenoxy) is 1. The lowest BCUT2D eigenvalue weighted by atomic mass is 9.84. The van der Waals surface area contributed by atoms with Gasteiger partial charge in [0, 0.05) is 10.6 Å². The Labute approximate surface area is 190 Å². The van der Waals surface area contributed by atoms with Crippen molar-refractivity contribution in [1.82, 2.24) is 20.2 Å². The van der Waals surface area contributed by atoms with Crippen molar-refractivity contribution in [2.24, 2.45) is 0 Å². The normalized spacial score (nSPS) is 15.7. The van der Waals surface area contributed by atoms with Crippen LogP contribution in [0, 0.1) is 0 Å². The second-order valence-corrected chi connectivity index (χ2v) is 8.90. The molecule has 0 saturated carbocycles. The monoisotopic (exact) mass is 451 g/mol. The summed E-state index contributed by atoms with van der Waals surface area (Å²) in [4.78, 5) is 26.3. The SMILES string of the molecule is COC(=O)C1=C(C(=O)c2ccc(Cl)cc2)C(c2ccc(C(C)(C)C)cc2)n2nnnc2N1. The van der Waals surface area contributed by atoms with Gasteiger partial charge in [-0.3, -0.25) is 4.79 Å². The highest BCUT2D eigenvalue weighted by Gasteiger charge is 2.38. The minimum Gasteiger partial charge on any atom is -0.464 e. The van der Waals surface area contributed by atoms with Gasteiger partial charge < -0.3 is 10.1 Å². The molecule has 1 aliphatic rings. The fraction of sp³-hybridized carbons (Fsp3) is 0.261. The molecule has 164 valence electrons. The number of benzene rings is 2. The molecular formula is C23H22ClN5O3. The Hall–Kier alpha value is -3.52. The third-order valence-corrected chi connectivity index (χ3v) is 5.60. The molecule has 1 aliphatic heterocycles. The van der Waals surface area contributed by atoms with Gasteiger partial charge in [0.25, 0.3) is 0 Å². The second kappa shape index (κ2) is 8.20. The van der Waals surface area contributed by atoms with Crippen molar-refractivity contribution in [3.63, 3.8) is 0 Å². The van der Waals surface area contributed by atoms with Gasteiger partial charge in [0.2, 0.25) is 5.95 Å². The third-order valence-electron chi connectivity index (χ3n) is 5.35. The van der Waals surface area contributed by atoms with Crippen LogP contribution in [0.25, 0.3) is 0 Å². The van der Waals surface area contributed by atoms with E-state index in [-0.39, 0.29) is 28.4 Å². The Balaban J connectivity index is 1.91. The van der Waals surface area contributed by atoms with E-state index in [1.165, 1.54) is 11.8 Å². The van der Waals surface area contributed by atoms with Gasteiger partial charge in [0.05, 0.1) is 12.7 Å². The summed E-state index contributed by atoms with van der Waals surface area (Å²) in [7, 11) is 1.26. The molecule has 0 amide bonds. The maximum absolute atomic E-state index is 13.7. The van der Waals surface area contributed by atoms with E-state index in [4.69, 9.17) is 16.3 Å². The number of tetrazole rings is 1. The highest BCUT2D eigenvalue weighted by atomic mass is 35.5. The van der Waals surface area contributed by atoms with E-state index >= 15 is 0 Å². The molecule has 0 radical (unpaired) electrons. The molecule has 0 aliphatic carbocycles. The standard InChI is InChI=1S/C23H22ClN5O3/c1-23(2,3)15-9-5-13(6-10-15)19-17(20(30)14-7-11-16(24)12-8-14)18(21(31)32-4)25-22-26-27-28-29(19)22/h5-12,19H,1-4H3,(H,25,26,28). The quantitative estimate of drug-likeness (QED) is 0.473. The van der Waals surface area contributed by atoms with Gasteiger partial charge in [-0.2, -0.15) is 4.68 Å². The number of aromatic nitrogens is 4. The van der Waals surface area contributed by atoms with E-state index in [0.29, 0.717) is 10.6 Å². The lowest BCUT2D eigenvalue weighted by Crippen LogP contribution is -2.33. The summed E-state index contributed by atoms with van der Waals surface area (Å²) in [5, 5.41) is 15.1. The number of allylic oxidation sites excluding steroid dienone is 1. The van der Waals surface area contributed by atoms with Crippen molar-refractivity contribution in [3.05, 3.63) is 81.5 Å². The van der Waals surface area contributed by atoms with Gasteiger partial charge in [-0.25, -0.2) is 4.79 Å². The van der Waals surface area contributed by atoms with Crippen LogP contribution in [0.4, 0.5) is 5.95 Å². The van der Waals surface area contributed by atoms with Crippen LogP contribution in [0.2, 0.25) is 5.02 Å². The van der Waals surface area contributed by atoms with Crippen LogP contribution >= 0.6 is 11.6 Å². The number of anilines is 1. The first-order chi connectivity index (χ1) is 15.2. The average molecular weight is 452 g/mol. The van der Waals surface area contributed by atoms with E-state index in [2.05, 4.69) is 41.6 Å². The number of hydrogen-bond donors (Lipinski definition) is 1. The zero-order valence-corrected chi connectivity index (χ0v) is 18.8. The van der Waals surface area contributed by atoms with Gasteiger partial charge in [0.1, 0.15) is 11.7 Å². The highest BCUT2D eigenvalue weighted by molar-refractivity contribution is 6.30. The van der Waals surface area contributed by atoms with Crippen LogP contribution in [0.5, 0.6) is 0 Å². The Morgan fingerprint density at radius 2 is 1.72 bits per heavy atom. The van der Waals surface area contributed by atoms with Crippen LogP contribution < -0.4 is 5.32 Å². The summed E-state index contributed by atoms with van der Waals surface area (Å²) in [6.07, 6.45) is 0. The molecule has 0 fully saturated rings. The smallest absolute Gasteiger partial charge is 0.355 e. The van der Waals surface area contributed by atoms with Crippen molar-refractivity contribution < 1.29 is 14.3 Å². The number of carbonyl (C=O) groups excluding carboxylic acids is 2. The molecule has 0 bridgehead atoms. The number of methoxy groups -OCH3 is 1. The number of ketones is 1. The van der Waals surface area contributed by atoms with E-state index in [1.54, 1.807) is 24.3 Å². The lowest BCUT2D eigenvalue weighted by Gasteiger charge is -2.28. The van der Waals surface area contributed by atoms with Crippen molar-refractivity contribution in [2.75, 3.05) is 12.4 Å². The first-order valence-corrected chi connectivity index (χ1v) is 10.4. The Kier molecular flexibility index (Phi) is 5.56. The Morgan fingerprint density at radius 3 is 2.31 bits per heavy atom. The molecule has 2 heterocycles. The first-order valence-electron chi connectivity index (χ1n) is 9.99. The summed E-state index contributed by atoms with van der Waals surface area (Å²) >= 11 is 5.99. The van der Waals surface area contributed by atoms with Crippen LogP contribution in [0.1, 0.15) is 48.3 Å². The molecule has 3 aromatic rings. The molecule has 0 saturated heterocycles. The van der Waals surface area contributed by atoms with Gasteiger partial charge in [0.15, 0.2) is 5.78 Å². The molecule has 1 atom stereocenters. The third kappa shape index (κ3) is 3.89. The first kappa shape index (κ1) is 21.7. The number of nitrogens with zero attached hydrogens (tertiary/aromatic N) is 4. The predicted octanol–water partition coefficient (Wildman–Crippen LogP) is 3.95. The molecular weight excluding hydrogens is 430 g/mol. The molecule has 0 spiro atoms. The average Bonchev–Trinajstić information content (AvgIpc) is 3.25. The number of esters is 1. The minimum atomic E-state index is -0.729. The number of Topliss-reactive ketones (excluding diaryl/α,β-unsaturated/α-hetero) is 1. The van der Waals surface area contributed by atoms with Crippen molar-refractivity contribution in [3.8, 4) is 0 Å². The molecule has 9 heteroatoms. The summed E-state index contributed by atoms with van der Waals surface area (Å²) in [6, 6.07) is 13.6. The van der Waals surface area contributed by atoms with Crippen LogP contribution in [0.15, 0.2) is 59.8 Å². The van der Waals surface area contributed by atoms with E-state index in [1.807, 2.05) is 24.3 Å². The largest absolute Gasteiger partial charge is 0.464 e. The van der Waals surface area contributed by atoms with Crippen molar-refractivity contribution in [1.29, 1.82) is 0 Å². The summed E-state index contributed by atoms with van der Waals surface area (Å²) in [5.41, 5.74) is 2.41. The summed E-state index contributed by atoms with van der Waals surface area (Å²) in [6.45, 7) is 6.37. The number of hydrogen-bond acceptors (Lipinski definition) is 7. The maximum atomic E-state index is 13.7. The van der Waals surface area contributed by atoms with Crippen molar-refractivity contribution >= 4 is 29.3 Å². The number of nitrogens with one attached hydrogen (secondary N) is 1. The molecule has 32 heavy (non-hydrogen) atoms. The highest BCUT2D eigenvalue weighted by Crippen LogP contribution is 2.37. The van der Waals surface area contributed by atoms with Gasteiger partial charge >= 0.3 is 5.97 Å². The number of rotatable bonds is 4. The van der Waals surface area contributed by atoms with Gasteiger partial charge in [-0.05, 0) is 51.2 Å². The Morgan fingerprint density at radius 1 is 1.06 bits per heavy atom. The topological polar surface area (TPSA) is 99.0 Å². The molecule has 8 nitrogen and oxygen atoms in total. The maximum Gasteiger partial charge on any atom is 0.355 e. The molecule has 2 aromatic carbocycles. The summed E-state index contributed by atoms with van der Waals surface area (Å²) < 4.78 is 6.44. The minimum absolute atomic E-state index is 0.000326. The predicted molar refractivity (Wildman–Crippen MR) is 120 cm³/mol. The van der Waals surface area contributed by atoms with Gasteiger partial charge in [-0.15, -0.1) is 0 Å². The van der Waals surface area contributed by atoms with Crippen LogP contribution in [-0.4, -0.2) is 39.1 Å². The van der Waals surface area contributed by atoms with Crippen LogP contribution in [0.3, 0.4) is 0 Å². The summed E-state index contributed by atoms with van der Waals surface area (Å²) in [5.74, 6) is -0.809. The number of fused-ring (bicyclic) bond motifs is 1. The van der Waals surface area contributed by atoms with Gasteiger partial charge in [-0.1, -0.05) is 61.7 Å².